The zero-order valence-electron chi connectivity index (χ0n) is 9.58. The van der Waals surface area contributed by atoms with Crippen LogP contribution in [0.2, 0.25) is 0 Å². The van der Waals surface area contributed by atoms with Crippen LogP contribution < -0.4 is 5.32 Å². The zero-order chi connectivity index (χ0) is 11.3. The van der Waals surface area contributed by atoms with E-state index in [1.54, 1.807) is 6.92 Å². The first-order valence-corrected chi connectivity index (χ1v) is 5.59. The van der Waals surface area contributed by atoms with Gasteiger partial charge in [0.1, 0.15) is 0 Å². The van der Waals surface area contributed by atoms with E-state index in [9.17, 15) is 4.79 Å². The maximum atomic E-state index is 11.5. The third-order valence-electron chi connectivity index (χ3n) is 2.67. The van der Waals surface area contributed by atoms with Crippen molar-refractivity contribution in [1.29, 1.82) is 0 Å². The lowest BCUT2D eigenvalue weighted by Crippen LogP contribution is -2.51. The van der Waals surface area contributed by atoms with Gasteiger partial charge in [0, 0.05) is 13.0 Å². The number of aliphatic hydroxyl groups excluding tert-OH is 1. The number of nitrogens with one attached hydrogen (secondary N) is 1. The summed E-state index contributed by atoms with van der Waals surface area (Å²) in [7, 11) is 0. The molecule has 1 aliphatic heterocycles. The molecule has 4 heteroatoms. The lowest BCUT2D eigenvalue weighted by molar-refractivity contribution is -0.125. The number of aliphatic hydroxyl groups is 1. The molecule has 0 spiro atoms. The number of hydrogen-bond acceptors (Lipinski definition) is 3. The summed E-state index contributed by atoms with van der Waals surface area (Å²) in [5.74, 6) is 0.00361. The number of hydrogen-bond donors (Lipinski definition) is 2. The average Bonchev–Trinajstić information content (AvgIpc) is 2.15. The molecule has 1 rings (SSSR count). The summed E-state index contributed by atoms with van der Waals surface area (Å²) in [5.41, 5.74) is -0.214. The van der Waals surface area contributed by atoms with E-state index in [-0.39, 0.29) is 11.4 Å². The standard InChI is InChI=1S/C11H21NO3/c1-9(13)4-5-10(14)12-11(2)6-3-7-15-8-11/h9,13H,3-8H2,1-2H3,(H,12,14). The highest BCUT2D eigenvalue weighted by Crippen LogP contribution is 2.18. The van der Waals surface area contributed by atoms with E-state index in [4.69, 9.17) is 9.84 Å². The molecule has 1 aliphatic rings. The van der Waals surface area contributed by atoms with Crippen LogP contribution in [0.15, 0.2) is 0 Å². The Bertz CT molecular complexity index is 210. The Labute approximate surface area is 91.0 Å². The Morgan fingerprint density at radius 2 is 2.40 bits per heavy atom. The normalized spacial score (nSPS) is 28.5. The Balaban J connectivity index is 2.29. The van der Waals surface area contributed by atoms with Crippen molar-refractivity contribution in [3.8, 4) is 0 Å². The minimum absolute atomic E-state index is 0.00361. The minimum Gasteiger partial charge on any atom is -0.393 e. The Morgan fingerprint density at radius 3 is 2.93 bits per heavy atom. The highest BCUT2D eigenvalue weighted by atomic mass is 16.5. The van der Waals surface area contributed by atoms with Crippen molar-refractivity contribution in [3.05, 3.63) is 0 Å². The van der Waals surface area contributed by atoms with E-state index in [0.717, 1.165) is 19.4 Å². The molecule has 88 valence electrons. The summed E-state index contributed by atoms with van der Waals surface area (Å²) in [6.45, 7) is 5.08. The molecule has 2 unspecified atom stereocenters. The van der Waals surface area contributed by atoms with Crippen LogP contribution in [0.25, 0.3) is 0 Å². The van der Waals surface area contributed by atoms with Gasteiger partial charge in [0.15, 0.2) is 0 Å². The molecule has 1 saturated heterocycles. The van der Waals surface area contributed by atoms with Gasteiger partial charge < -0.3 is 15.2 Å². The smallest absolute Gasteiger partial charge is 0.220 e. The summed E-state index contributed by atoms with van der Waals surface area (Å²) in [6, 6.07) is 0. The lowest BCUT2D eigenvalue weighted by atomic mass is 9.94. The monoisotopic (exact) mass is 215 g/mol. The van der Waals surface area contributed by atoms with E-state index >= 15 is 0 Å². The van der Waals surface area contributed by atoms with Crippen LogP contribution in [0.3, 0.4) is 0 Å². The third kappa shape index (κ3) is 4.62. The molecule has 15 heavy (non-hydrogen) atoms. The largest absolute Gasteiger partial charge is 0.393 e. The molecular weight excluding hydrogens is 194 g/mol. The molecule has 1 fully saturated rings. The van der Waals surface area contributed by atoms with Crippen LogP contribution in [-0.2, 0) is 9.53 Å². The topological polar surface area (TPSA) is 58.6 Å². The maximum Gasteiger partial charge on any atom is 0.220 e. The van der Waals surface area contributed by atoms with Gasteiger partial charge in [-0.1, -0.05) is 0 Å². The van der Waals surface area contributed by atoms with E-state index in [1.807, 2.05) is 6.92 Å². The van der Waals surface area contributed by atoms with Crippen LogP contribution >= 0.6 is 0 Å². The van der Waals surface area contributed by atoms with Gasteiger partial charge in [0.05, 0.1) is 18.2 Å². The van der Waals surface area contributed by atoms with Crippen LogP contribution in [-0.4, -0.2) is 35.9 Å². The minimum atomic E-state index is -0.411. The van der Waals surface area contributed by atoms with Crippen molar-refractivity contribution < 1.29 is 14.6 Å². The first-order valence-electron chi connectivity index (χ1n) is 5.59. The molecule has 4 nitrogen and oxygen atoms in total. The van der Waals surface area contributed by atoms with Gasteiger partial charge in [-0.15, -0.1) is 0 Å². The van der Waals surface area contributed by atoms with Crippen molar-refractivity contribution in [2.75, 3.05) is 13.2 Å². The number of carbonyl (C=O) groups excluding carboxylic acids is 1. The molecule has 0 aromatic carbocycles. The van der Waals surface area contributed by atoms with E-state index in [2.05, 4.69) is 5.32 Å². The first-order chi connectivity index (χ1) is 7.02. The molecule has 0 aliphatic carbocycles. The fourth-order valence-electron chi connectivity index (χ4n) is 1.77. The van der Waals surface area contributed by atoms with Gasteiger partial charge in [0.2, 0.25) is 5.91 Å². The molecule has 2 N–H and O–H groups in total. The van der Waals surface area contributed by atoms with Gasteiger partial charge >= 0.3 is 0 Å². The molecule has 0 aromatic heterocycles. The summed E-state index contributed by atoms with van der Waals surface area (Å²) >= 11 is 0. The number of amides is 1. The van der Waals surface area contributed by atoms with Gasteiger partial charge in [-0.2, -0.15) is 0 Å². The van der Waals surface area contributed by atoms with E-state index < -0.39 is 6.10 Å². The van der Waals surface area contributed by atoms with Crippen molar-refractivity contribution in [2.45, 2.75) is 51.2 Å². The number of carbonyl (C=O) groups is 1. The van der Waals surface area contributed by atoms with Gasteiger partial charge in [-0.25, -0.2) is 0 Å². The molecule has 0 aromatic rings. The van der Waals surface area contributed by atoms with Crippen LogP contribution in [0.5, 0.6) is 0 Å². The van der Waals surface area contributed by atoms with Crippen LogP contribution in [0, 0.1) is 0 Å². The van der Waals surface area contributed by atoms with Crippen LogP contribution in [0.4, 0.5) is 0 Å². The summed E-state index contributed by atoms with van der Waals surface area (Å²) in [4.78, 5) is 11.5. The Kier molecular flexibility index (Phi) is 4.54. The molecule has 0 bridgehead atoms. The second-order valence-corrected chi connectivity index (χ2v) is 4.65. The molecular formula is C11H21NO3. The second-order valence-electron chi connectivity index (χ2n) is 4.65. The van der Waals surface area contributed by atoms with E-state index in [1.165, 1.54) is 0 Å². The van der Waals surface area contributed by atoms with Crippen molar-refractivity contribution >= 4 is 5.91 Å². The number of rotatable bonds is 4. The predicted octanol–water partition coefficient (Wildman–Crippen LogP) is 0.833. The van der Waals surface area contributed by atoms with Gasteiger partial charge in [-0.05, 0) is 33.1 Å². The lowest BCUT2D eigenvalue weighted by Gasteiger charge is -2.34. The first kappa shape index (κ1) is 12.5. The summed E-state index contributed by atoms with van der Waals surface area (Å²) in [5, 5.41) is 12.0. The fourth-order valence-corrected chi connectivity index (χ4v) is 1.77. The Morgan fingerprint density at radius 1 is 1.67 bits per heavy atom. The molecule has 0 radical (unpaired) electrons. The average molecular weight is 215 g/mol. The third-order valence-corrected chi connectivity index (χ3v) is 2.67. The summed E-state index contributed by atoms with van der Waals surface area (Å²) < 4.78 is 5.35. The zero-order valence-corrected chi connectivity index (χ0v) is 9.58. The molecule has 1 heterocycles. The molecule has 2 atom stereocenters. The quantitative estimate of drug-likeness (QED) is 0.730. The fraction of sp³-hybridized carbons (Fsp3) is 0.909. The maximum absolute atomic E-state index is 11.5. The SMILES string of the molecule is CC(O)CCC(=O)NC1(C)CCCOC1. The predicted molar refractivity (Wildman–Crippen MR) is 57.5 cm³/mol. The van der Waals surface area contributed by atoms with Crippen LogP contribution in [0.1, 0.15) is 39.5 Å². The number of ether oxygens (including phenoxy) is 1. The second kappa shape index (κ2) is 5.47. The van der Waals surface area contributed by atoms with Crippen molar-refractivity contribution in [2.24, 2.45) is 0 Å². The highest BCUT2D eigenvalue weighted by Gasteiger charge is 2.28. The molecule has 1 amide bonds. The highest BCUT2D eigenvalue weighted by molar-refractivity contribution is 5.76. The Hall–Kier alpha value is -0.610. The van der Waals surface area contributed by atoms with Gasteiger partial charge in [-0.3, -0.25) is 4.79 Å². The van der Waals surface area contributed by atoms with E-state index in [0.29, 0.717) is 19.4 Å². The molecule has 0 saturated carbocycles. The summed E-state index contributed by atoms with van der Waals surface area (Å²) in [6.07, 6.45) is 2.45. The van der Waals surface area contributed by atoms with Crippen molar-refractivity contribution in [3.63, 3.8) is 0 Å². The van der Waals surface area contributed by atoms with Crippen molar-refractivity contribution in [1.82, 2.24) is 5.32 Å². The van der Waals surface area contributed by atoms with Gasteiger partial charge in [0.25, 0.3) is 0 Å².